The van der Waals surface area contributed by atoms with Gasteiger partial charge in [-0.25, -0.2) is 0 Å². The molecule has 0 bridgehead atoms. The summed E-state index contributed by atoms with van der Waals surface area (Å²) in [6, 6.07) is 15.4. The molecular formula is C18H21N. The summed E-state index contributed by atoms with van der Waals surface area (Å²) in [6.07, 6.45) is 5.08. The molecule has 2 aromatic rings. The zero-order valence-corrected chi connectivity index (χ0v) is 11.5. The summed E-state index contributed by atoms with van der Waals surface area (Å²) in [5.41, 5.74) is 12.2. The van der Waals surface area contributed by atoms with Crippen LogP contribution in [0.5, 0.6) is 0 Å². The number of hydrogen-bond acceptors (Lipinski definition) is 1. The van der Waals surface area contributed by atoms with Gasteiger partial charge in [-0.1, -0.05) is 43.7 Å². The molecule has 1 fully saturated rings. The quantitative estimate of drug-likeness (QED) is 0.781. The molecule has 0 spiro atoms. The Bertz CT molecular complexity index is 582. The highest BCUT2D eigenvalue weighted by Crippen LogP contribution is 2.37. The minimum absolute atomic E-state index is 0.791. The summed E-state index contributed by atoms with van der Waals surface area (Å²) >= 11 is 0. The SMILES string of the molecule is CCc1cc(-c2cccc(C3CCC3)c2)ccc1N. The maximum absolute atomic E-state index is 5.99. The Morgan fingerprint density at radius 3 is 2.53 bits per heavy atom. The Labute approximate surface area is 115 Å². The molecule has 0 saturated heterocycles. The molecule has 1 nitrogen and oxygen atoms in total. The van der Waals surface area contributed by atoms with Gasteiger partial charge in [-0.2, -0.15) is 0 Å². The van der Waals surface area contributed by atoms with E-state index < -0.39 is 0 Å². The van der Waals surface area contributed by atoms with E-state index in [2.05, 4.69) is 43.3 Å². The lowest BCUT2D eigenvalue weighted by atomic mass is 9.79. The molecule has 1 heteroatoms. The van der Waals surface area contributed by atoms with Crippen molar-refractivity contribution in [2.24, 2.45) is 0 Å². The molecule has 98 valence electrons. The Morgan fingerprint density at radius 1 is 1.05 bits per heavy atom. The number of anilines is 1. The third-order valence-corrected chi connectivity index (χ3v) is 4.32. The third kappa shape index (κ3) is 2.37. The van der Waals surface area contributed by atoms with Crippen LogP contribution in [0.4, 0.5) is 5.69 Å². The molecule has 19 heavy (non-hydrogen) atoms. The highest BCUT2D eigenvalue weighted by molar-refractivity contribution is 5.68. The fourth-order valence-electron chi connectivity index (χ4n) is 2.81. The van der Waals surface area contributed by atoms with Crippen LogP contribution in [0.1, 0.15) is 43.2 Å². The lowest BCUT2D eigenvalue weighted by Gasteiger charge is -2.26. The summed E-state index contributed by atoms with van der Waals surface area (Å²) in [7, 11) is 0. The molecule has 0 unspecified atom stereocenters. The number of rotatable bonds is 3. The van der Waals surface area contributed by atoms with E-state index in [1.807, 2.05) is 6.07 Å². The number of hydrogen-bond donors (Lipinski definition) is 1. The first-order valence-corrected chi connectivity index (χ1v) is 7.26. The van der Waals surface area contributed by atoms with Crippen molar-refractivity contribution in [1.82, 2.24) is 0 Å². The predicted octanol–water partition coefficient (Wildman–Crippen LogP) is 4.77. The van der Waals surface area contributed by atoms with E-state index >= 15 is 0 Å². The van der Waals surface area contributed by atoms with Crippen LogP contribution in [0.2, 0.25) is 0 Å². The highest BCUT2D eigenvalue weighted by Gasteiger charge is 2.19. The van der Waals surface area contributed by atoms with Crippen LogP contribution < -0.4 is 5.73 Å². The molecule has 1 saturated carbocycles. The maximum atomic E-state index is 5.99. The van der Waals surface area contributed by atoms with Crippen molar-refractivity contribution in [3.8, 4) is 11.1 Å². The van der Waals surface area contributed by atoms with Crippen molar-refractivity contribution in [2.45, 2.75) is 38.5 Å². The zero-order valence-electron chi connectivity index (χ0n) is 11.5. The van der Waals surface area contributed by atoms with Gasteiger partial charge in [0.25, 0.3) is 0 Å². The van der Waals surface area contributed by atoms with E-state index in [9.17, 15) is 0 Å². The van der Waals surface area contributed by atoms with Gasteiger partial charge in [-0.15, -0.1) is 0 Å². The Balaban J connectivity index is 1.96. The van der Waals surface area contributed by atoms with Gasteiger partial charge in [0, 0.05) is 5.69 Å². The highest BCUT2D eigenvalue weighted by atomic mass is 14.6. The summed E-state index contributed by atoms with van der Waals surface area (Å²) in [4.78, 5) is 0. The summed E-state index contributed by atoms with van der Waals surface area (Å²) in [5.74, 6) is 0.791. The molecule has 3 rings (SSSR count). The average Bonchev–Trinajstić information content (AvgIpc) is 2.38. The largest absolute Gasteiger partial charge is 0.399 e. The fourth-order valence-corrected chi connectivity index (χ4v) is 2.81. The minimum atomic E-state index is 0.791. The summed E-state index contributed by atoms with van der Waals surface area (Å²) in [6.45, 7) is 2.15. The molecule has 1 aliphatic carbocycles. The van der Waals surface area contributed by atoms with Gasteiger partial charge in [0.1, 0.15) is 0 Å². The Morgan fingerprint density at radius 2 is 1.84 bits per heavy atom. The average molecular weight is 251 g/mol. The van der Waals surface area contributed by atoms with Crippen LogP contribution in [0, 0.1) is 0 Å². The van der Waals surface area contributed by atoms with Gasteiger partial charge < -0.3 is 5.73 Å². The molecule has 2 N–H and O–H groups in total. The molecule has 0 aliphatic heterocycles. The smallest absolute Gasteiger partial charge is 0.0346 e. The van der Waals surface area contributed by atoms with Crippen LogP contribution in [0.15, 0.2) is 42.5 Å². The molecule has 0 amide bonds. The number of nitrogen functional groups attached to an aromatic ring is 1. The molecule has 0 radical (unpaired) electrons. The van der Waals surface area contributed by atoms with Crippen molar-refractivity contribution >= 4 is 5.69 Å². The van der Waals surface area contributed by atoms with Crippen LogP contribution >= 0.6 is 0 Å². The third-order valence-electron chi connectivity index (χ3n) is 4.32. The maximum Gasteiger partial charge on any atom is 0.0346 e. The molecule has 0 heterocycles. The molecule has 2 aromatic carbocycles. The first kappa shape index (κ1) is 12.3. The number of nitrogens with two attached hydrogens (primary N) is 1. The second-order valence-electron chi connectivity index (χ2n) is 5.52. The fraction of sp³-hybridized carbons (Fsp3) is 0.333. The van der Waals surface area contributed by atoms with E-state index in [0.717, 1.165) is 18.0 Å². The first-order chi connectivity index (χ1) is 9.28. The summed E-state index contributed by atoms with van der Waals surface area (Å²) < 4.78 is 0. The van der Waals surface area contributed by atoms with Crippen LogP contribution in [-0.4, -0.2) is 0 Å². The van der Waals surface area contributed by atoms with E-state index in [4.69, 9.17) is 5.73 Å². The van der Waals surface area contributed by atoms with E-state index in [1.165, 1.54) is 41.5 Å². The zero-order chi connectivity index (χ0) is 13.2. The second kappa shape index (κ2) is 5.08. The Kier molecular flexibility index (Phi) is 3.29. The van der Waals surface area contributed by atoms with Gasteiger partial charge in [0.05, 0.1) is 0 Å². The van der Waals surface area contributed by atoms with Crippen molar-refractivity contribution < 1.29 is 0 Å². The van der Waals surface area contributed by atoms with E-state index in [0.29, 0.717) is 0 Å². The van der Waals surface area contributed by atoms with Gasteiger partial charge in [0.15, 0.2) is 0 Å². The van der Waals surface area contributed by atoms with Crippen LogP contribution in [0.3, 0.4) is 0 Å². The standard InChI is InChI=1S/C18H21N/c1-2-13-11-17(9-10-18(13)19)16-8-4-7-15(12-16)14-5-3-6-14/h4,7-12,14H,2-3,5-6,19H2,1H3. The van der Waals surface area contributed by atoms with Gasteiger partial charge in [-0.05, 0) is 59.6 Å². The monoisotopic (exact) mass is 251 g/mol. The predicted molar refractivity (Wildman–Crippen MR) is 82.3 cm³/mol. The van der Waals surface area contributed by atoms with Crippen molar-refractivity contribution in [3.05, 3.63) is 53.6 Å². The molecule has 1 aliphatic rings. The lowest BCUT2D eigenvalue weighted by molar-refractivity contribution is 0.420. The van der Waals surface area contributed by atoms with Crippen LogP contribution in [0.25, 0.3) is 11.1 Å². The topological polar surface area (TPSA) is 26.0 Å². The molecule has 0 atom stereocenters. The number of benzene rings is 2. The molecule has 0 aromatic heterocycles. The summed E-state index contributed by atoms with van der Waals surface area (Å²) in [5, 5.41) is 0. The Hall–Kier alpha value is -1.76. The minimum Gasteiger partial charge on any atom is -0.399 e. The van der Waals surface area contributed by atoms with E-state index in [1.54, 1.807) is 0 Å². The normalized spacial score (nSPS) is 15.2. The number of aryl methyl sites for hydroxylation is 1. The van der Waals surface area contributed by atoms with Crippen LogP contribution in [-0.2, 0) is 6.42 Å². The van der Waals surface area contributed by atoms with Gasteiger partial charge >= 0.3 is 0 Å². The molecular weight excluding hydrogens is 230 g/mol. The van der Waals surface area contributed by atoms with Crippen molar-refractivity contribution in [3.63, 3.8) is 0 Å². The van der Waals surface area contributed by atoms with E-state index in [-0.39, 0.29) is 0 Å². The van der Waals surface area contributed by atoms with Crippen molar-refractivity contribution in [1.29, 1.82) is 0 Å². The lowest BCUT2D eigenvalue weighted by Crippen LogP contribution is -2.08. The van der Waals surface area contributed by atoms with Crippen molar-refractivity contribution in [2.75, 3.05) is 5.73 Å². The first-order valence-electron chi connectivity index (χ1n) is 7.26. The van der Waals surface area contributed by atoms with Gasteiger partial charge in [0.2, 0.25) is 0 Å². The second-order valence-corrected chi connectivity index (χ2v) is 5.52. The van der Waals surface area contributed by atoms with Gasteiger partial charge in [-0.3, -0.25) is 0 Å².